The first-order valence-corrected chi connectivity index (χ1v) is 10.5. The molecule has 30 heavy (non-hydrogen) atoms. The Morgan fingerprint density at radius 1 is 0.733 bits per heavy atom. The molecule has 4 N–H and O–H groups in total. The zero-order valence-corrected chi connectivity index (χ0v) is 18.2. The van der Waals surface area contributed by atoms with Gasteiger partial charge in [-0.15, -0.1) is 12.4 Å². The normalized spacial score (nSPS) is 17.9. The fourth-order valence-corrected chi connectivity index (χ4v) is 3.85. The summed E-state index contributed by atoms with van der Waals surface area (Å²) in [5.41, 5.74) is 9.27. The molecule has 3 nitrogen and oxygen atoms in total. The molecule has 0 amide bonds. The van der Waals surface area contributed by atoms with Gasteiger partial charge in [-0.1, -0.05) is 72.8 Å². The first-order valence-electron chi connectivity index (χ1n) is 10.5. The second-order valence-corrected chi connectivity index (χ2v) is 7.70. The third kappa shape index (κ3) is 7.83. The molecule has 1 aliphatic carbocycles. The van der Waals surface area contributed by atoms with Gasteiger partial charge in [0.25, 0.3) is 0 Å². The summed E-state index contributed by atoms with van der Waals surface area (Å²) in [7, 11) is 0. The molecule has 0 bridgehead atoms. The van der Waals surface area contributed by atoms with Crippen LogP contribution in [0, 0.1) is 0 Å². The number of hydrogen-bond acceptors (Lipinski definition) is 3. The average molecular weight is 425 g/mol. The van der Waals surface area contributed by atoms with E-state index in [1.54, 1.807) is 12.1 Å². The van der Waals surface area contributed by atoms with E-state index in [2.05, 4.69) is 47.8 Å². The number of hydrogen-bond donors (Lipinski definition) is 3. The van der Waals surface area contributed by atoms with Crippen LogP contribution in [0.25, 0.3) is 0 Å². The minimum Gasteiger partial charge on any atom is -0.508 e. The summed E-state index contributed by atoms with van der Waals surface area (Å²) < 4.78 is 0. The number of phenolic OH excluding ortho intramolecular Hbond substituents is 1. The van der Waals surface area contributed by atoms with Crippen LogP contribution < -0.4 is 11.1 Å². The molecular formula is C26H33ClN2O. The van der Waals surface area contributed by atoms with Crippen LogP contribution >= 0.6 is 12.4 Å². The number of aromatic hydroxyl groups is 1. The Hall–Kier alpha value is -2.33. The van der Waals surface area contributed by atoms with Crippen molar-refractivity contribution in [1.29, 1.82) is 0 Å². The van der Waals surface area contributed by atoms with Gasteiger partial charge >= 0.3 is 0 Å². The Bertz CT molecular complexity index is 817. The molecule has 1 aliphatic rings. The summed E-state index contributed by atoms with van der Waals surface area (Å²) in [4.78, 5) is 0. The third-order valence-corrected chi connectivity index (χ3v) is 5.61. The first kappa shape index (κ1) is 23.9. The van der Waals surface area contributed by atoms with Crippen molar-refractivity contribution in [3.63, 3.8) is 0 Å². The maximum atomic E-state index is 9.37. The smallest absolute Gasteiger partial charge is 0.115 e. The number of benzene rings is 3. The lowest BCUT2D eigenvalue weighted by Gasteiger charge is -2.29. The first-order chi connectivity index (χ1) is 14.2. The average Bonchev–Trinajstić information content (AvgIpc) is 2.80. The molecule has 0 spiro atoms. The van der Waals surface area contributed by atoms with Crippen molar-refractivity contribution in [2.45, 2.75) is 50.7 Å². The summed E-state index contributed by atoms with van der Waals surface area (Å²) >= 11 is 0. The van der Waals surface area contributed by atoms with Gasteiger partial charge < -0.3 is 16.2 Å². The quantitative estimate of drug-likeness (QED) is 0.486. The summed E-state index contributed by atoms with van der Waals surface area (Å²) in [5, 5.41) is 13.0. The molecule has 1 saturated carbocycles. The van der Waals surface area contributed by atoms with Crippen LogP contribution in [0.3, 0.4) is 0 Å². The molecule has 160 valence electrons. The molecule has 0 heterocycles. The zero-order chi connectivity index (χ0) is 20.3. The second kappa shape index (κ2) is 13.1. The molecule has 0 unspecified atom stereocenters. The molecule has 0 atom stereocenters. The topological polar surface area (TPSA) is 58.3 Å². The maximum Gasteiger partial charge on any atom is 0.115 e. The standard InChI is InChI=1S/C19H23NO.C7H9N.ClH/c21-19-12-8-17(9-13-19)16-6-10-18(11-7-16)20-14-15-4-2-1-3-5-15;8-6-7-4-2-1-3-5-7;/h1-5,8-9,12-13,16,18,20-21H,6-7,10-11,14H2;1-5H,6,8H2;1H. The third-order valence-electron chi connectivity index (χ3n) is 5.61. The lowest BCUT2D eigenvalue weighted by Crippen LogP contribution is -2.32. The van der Waals surface area contributed by atoms with Crippen molar-refractivity contribution < 1.29 is 5.11 Å². The molecule has 4 rings (SSSR count). The largest absolute Gasteiger partial charge is 0.508 e. The molecular weight excluding hydrogens is 392 g/mol. The van der Waals surface area contributed by atoms with Gasteiger partial charge in [0.15, 0.2) is 0 Å². The Balaban J connectivity index is 0.000000302. The van der Waals surface area contributed by atoms with Gasteiger partial charge in [0.05, 0.1) is 0 Å². The summed E-state index contributed by atoms with van der Waals surface area (Å²) in [5.74, 6) is 1.01. The predicted molar refractivity (Wildman–Crippen MR) is 128 cm³/mol. The van der Waals surface area contributed by atoms with Crippen molar-refractivity contribution in [1.82, 2.24) is 5.32 Å². The Labute approximate surface area is 186 Å². The van der Waals surface area contributed by atoms with E-state index < -0.39 is 0 Å². The molecule has 3 aromatic rings. The van der Waals surface area contributed by atoms with Crippen LogP contribution in [0.2, 0.25) is 0 Å². The van der Waals surface area contributed by atoms with Gasteiger partial charge in [-0.25, -0.2) is 0 Å². The highest BCUT2D eigenvalue weighted by Crippen LogP contribution is 2.33. The summed E-state index contributed by atoms with van der Waals surface area (Å²) in [6.45, 7) is 1.61. The molecule has 0 aliphatic heterocycles. The van der Waals surface area contributed by atoms with Gasteiger partial charge in [-0.05, 0) is 60.4 Å². The van der Waals surface area contributed by atoms with Crippen LogP contribution in [0.1, 0.15) is 48.3 Å². The van der Waals surface area contributed by atoms with Crippen LogP contribution in [-0.2, 0) is 13.1 Å². The van der Waals surface area contributed by atoms with Crippen LogP contribution in [-0.4, -0.2) is 11.1 Å². The highest BCUT2D eigenvalue weighted by Gasteiger charge is 2.21. The number of phenols is 1. The van der Waals surface area contributed by atoms with E-state index in [1.165, 1.54) is 42.4 Å². The number of nitrogens with two attached hydrogens (primary N) is 1. The van der Waals surface area contributed by atoms with Gasteiger partial charge in [0.1, 0.15) is 5.75 Å². The highest BCUT2D eigenvalue weighted by atomic mass is 35.5. The van der Waals surface area contributed by atoms with Crippen molar-refractivity contribution in [2.24, 2.45) is 5.73 Å². The van der Waals surface area contributed by atoms with Gasteiger partial charge in [-0.3, -0.25) is 0 Å². The fourth-order valence-electron chi connectivity index (χ4n) is 3.85. The molecule has 1 fully saturated rings. The minimum absolute atomic E-state index is 0. The predicted octanol–water partition coefficient (Wildman–Crippen LogP) is 5.78. The number of halogens is 1. The summed E-state index contributed by atoms with van der Waals surface area (Å²) in [6.07, 6.45) is 4.94. The van der Waals surface area contributed by atoms with Crippen LogP contribution in [0.5, 0.6) is 5.75 Å². The second-order valence-electron chi connectivity index (χ2n) is 7.70. The molecule has 0 radical (unpaired) electrons. The van der Waals surface area contributed by atoms with E-state index in [4.69, 9.17) is 5.73 Å². The van der Waals surface area contributed by atoms with E-state index in [1.807, 2.05) is 30.3 Å². The van der Waals surface area contributed by atoms with Crippen LogP contribution in [0.15, 0.2) is 84.9 Å². The monoisotopic (exact) mass is 424 g/mol. The minimum atomic E-state index is 0. The Morgan fingerprint density at radius 3 is 1.77 bits per heavy atom. The van der Waals surface area contributed by atoms with E-state index in [-0.39, 0.29) is 12.4 Å². The van der Waals surface area contributed by atoms with Gasteiger partial charge in [0, 0.05) is 19.1 Å². The van der Waals surface area contributed by atoms with E-state index in [0.29, 0.717) is 24.3 Å². The fraction of sp³-hybridized carbons (Fsp3) is 0.308. The van der Waals surface area contributed by atoms with Crippen molar-refractivity contribution >= 4 is 12.4 Å². The highest BCUT2D eigenvalue weighted by molar-refractivity contribution is 5.85. The maximum absolute atomic E-state index is 9.37. The molecule has 4 heteroatoms. The SMILES string of the molecule is Cl.NCc1ccccc1.Oc1ccc(C2CCC(NCc3ccccc3)CC2)cc1. The van der Waals surface area contributed by atoms with E-state index in [9.17, 15) is 5.11 Å². The van der Waals surface area contributed by atoms with Gasteiger partial charge in [-0.2, -0.15) is 0 Å². The van der Waals surface area contributed by atoms with Crippen molar-refractivity contribution in [3.05, 3.63) is 102 Å². The van der Waals surface area contributed by atoms with Crippen molar-refractivity contribution in [2.75, 3.05) is 0 Å². The number of nitrogens with one attached hydrogen (secondary N) is 1. The number of rotatable bonds is 5. The molecule has 0 saturated heterocycles. The summed E-state index contributed by atoms with van der Waals surface area (Å²) in [6, 6.07) is 29.0. The van der Waals surface area contributed by atoms with Crippen molar-refractivity contribution in [3.8, 4) is 5.75 Å². The molecule has 0 aromatic heterocycles. The lowest BCUT2D eigenvalue weighted by atomic mass is 9.81. The Morgan fingerprint density at radius 2 is 1.27 bits per heavy atom. The van der Waals surface area contributed by atoms with Crippen LogP contribution in [0.4, 0.5) is 0 Å². The molecule has 3 aromatic carbocycles. The van der Waals surface area contributed by atoms with E-state index >= 15 is 0 Å². The van der Waals surface area contributed by atoms with Gasteiger partial charge in [0.2, 0.25) is 0 Å². The lowest BCUT2D eigenvalue weighted by molar-refractivity contribution is 0.341. The Kier molecular flexibility index (Phi) is 10.4. The zero-order valence-electron chi connectivity index (χ0n) is 17.4. The van der Waals surface area contributed by atoms with E-state index in [0.717, 1.165) is 6.54 Å².